The molecule has 1 aromatic carbocycles. The van der Waals surface area contributed by atoms with Crippen molar-refractivity contribution < 1.29 is 9.90 Å². The summed E-state index contributed by atoms with van der Waals surface area (Å²) in [5.74, 6) is -1.03. The van der Waals surface area contributed by atoms with Gasteiger partial charge in [-0.2, -0.15) is 0 Å². The monoisotopic (exact) mass is 254 g/mol. The number of carboxylic acids is 1. The molecule has 2 aromatic heterocycles. The van der Waals surface area contributed by atoms with Crippen LogP contribution < -0.4 is 5.73 Å². The number of nitrogens with zero attached hydrogens (tertiary/aromatic N) is 2. The van der Waals surface area contributed by atoms with Crippen LogP contribution in [0.3, 0.4) is 0 Å². The molecule has 3 rings (SSSR count). The van der Waals surface area contributed by atoms with Crippen LogP contribution >= 0.6 is 0 Å². The molecule has 94 valence electrons. The van der Waals surface area contributed by atoms with Crippen LogP contribution in [0.1, 0.15) is 10.4 Å². The number of nitrogen functional groups attached to an aromatic ring is 1. The van der Waals surface area contributed by atoms with E-state index >= 15 is 0 Å². The number of aromatic nitrogens is 3. The summed E-state index contributed by atoms with van der Waals surface area (Å²) in [6.07, 6.45) is 2.79. The van der Waals surface area contributed by atoms with E-state index in [4.69, 9.17) is 5.73 Å². The molecule has 0 aliphatic rings. The minimum Gasteiger partial charge on any atom is -0.478 e. The topological polar surface area (TPSA) is 105 Å². The Morgan fingerprint density at radius 3 is 2.79 bits per heavy atom. The van der Waals surface area contributed by atoms with Gasteiger partial charge in [0.1, 0.15) is 12.0 Å². The predicted molar refractivity (Wildman–Crippen MR) is 70.7 cm³/mol. The molecule has 0 saturated carbocycles. The molecule has 2 heterocycles. The molecule has 0 bridgehead atoms. The Labute approximate surface area is 107 Å². The van der Waals surface area contributed by atoms with Gasteiger partial charge in [0.15, 0.2) is 0 Å². The molecule has 0 amide bonds. The Morgan fingerprint density at radius 2 is 2.05 bits per heavy atom. The van der Waals surface area contributed by atoms with Crippen molar-refractivity contribution in [3.05, 3.63) is 42.4 Å². The Bertz CT molecular complexity index is 779. The van der Waals surface area contributed by atoms with Crippen LogP contribution in [0.5, 0.6) is 0 Å². The minimum absolute atomic E-state index is 0.133. The summed E-state index contributed by atoms with van der Waals surface area (Å²) < 4.78 is 0. The first-order valence-corrected chi connectivity index (χ1v) is 5.58. The molecule has 6 nitrogen and oxygen atoms in total. The maximum absolute atomic E-state index is 11.2. The highest BCUT2D eigenvalue weighted by molar-refractivity contribution is 6.08. The van der Waals surface area contributed by atoms with Gasteiger partial charge in [0.05, 0.1) is 16.6 Å². The van der Waals surface area contributed by atoms with Crippen LogP contribution in [-0.2, 0) is 0 Å². The molecule has 4 N–H and O–H groups in total. The van der Waals surface area contributed by atoms with Gasteiger partial charge in [0.25, 0.3) is 0 Å². The molecule has 0 atom stereocenters. The second kappa shape index (κ2) is 4.09. The Morgan fingerprint density at radius 1 is 1.26 bits per heavy atom. The predicted octanol–water partition coefficient (Wildman–Crippen LogP) is 1.91. The van der Waals surface area contributed by atoms with E-state index in [1.807, 2.05) is 12.1 Å². The number of nitrogens with two attached hydrogens (primary N) is 1. The van der Waals surface area contributed by atoms with Gasteiger partial charge in [-0.25, -0.2) is 14.8 Å². The number of anilines is 1. The summed E-state index contributed by atoms with van der Waals surface area (Å²) in [7, 11) is 0. The van der Waals surface area contributed by atoms with Crippen LogP contribution in [0, 0.1) is 0 Å². The highest BCUT2D eigenvalue weighted by Crippen LogP contribution is 2.31. The first-order valence-electron chi connectivity index (χ1n) is 5.58. The fourth-order valence-electron chi connectivity index (χ4n) is 2.05. The normalized spacial score (nSPS) is 10.7. The van der Waals surface area contributed by atoms with Gasteiger partial charge in [0.2, 0.25) is 0 Å². The lowest BCUT2D eigenvalue weighted by molar-refractivity contribution is 0.0699. The molecule has 0 fully saturated rings. The highest BCUT2D eigenvalue weighted by Gasteiger charge is 2.17. The number of hydrogen-bond donors (Lipinski definition) is 3. The van der Waals surface area contributed by atoms with Crippen molar-refractivity contribution in [3.63, 3.8) is 0 Å². The molecule has 0 aliphatic carbocycles. The zero-order chi connectivity index (χ0) is 13.4. The third kappa shape index (κ3) is 1.70. The lowest BCUT2D eigenvalue weighted by Gasteiger charge is -2.06. The zero-order valence-corrected chi connectivity index (χ0v) is 9.79. The third-order valence-corrected chi connectivity index (χ3v) is 2.92. The van der Waals surface area contributed by atoms with E-state index in [9.17, 15) is 9.90 Å². The van der Waals surface area contributed by atoms with Gasteiger partial charge in [-0.3, -0.25) is 0 Å². The number of rotatable bonds is 2. The van der Waals surface area contributed by atoms with Crippen LogP contribution in [0.2, 0.25) is 0 Å². The minimum atomic E-state index is -1.03. The van der Waals surface area contributed by atoms with Crippen molar-refractivity contribution in [2.45, 2.75) is 0 Å². The zero-order valence-electron chi connectivity index (χ0n) is 9.79. The quantitative estimate of drug-likeness (QED) is 0.606. The Balaban J connectivity index is 2.38. The van der Waals surface area contributed by atoms with Crippen molar-refractivity contribution in [3.8, 4) is 11.3 Å². The maximum Gasteiger partial charge on any atom is 0.338 e. The average Bonchev–Trinajstić information content (AvgIpc) is 2.83. The number of nitrogens with one attached hydrogen (secondary N) is 1. The van der Waals surface area contributed by atoms with Crippen molar-refractivity contribution in [2.24, 2.45) is 0 Å². The van der Waals surface area contributed by atoms with Gasteiger partial charge < -0.3 is 15.8 Å². The number of H-pyrrole nitrogens is 1. The van der Waals surface area contributed by atoms with Crippen LogP contribution in [-0.4, -0.2) is 26.0 Å². The lowest BCUT2D eigenvalue weighted by Crippen LogP contribution is -1.98. The molecule has 0 spiro atoms. The van der Waals surface area contributed by atoms with Crippen molar-refractivity contribution >= 4 is 22.7 Å². The molecular formula is C13H10N4O2. The fourth-order valence-corrected chi connectivity index (χ4v) is 2.05. The number of fused-ring (bicyclic) bond motifs is 1. The van der Waals surface area contributed by atoms with E-state index in [0.717, 1.165) is 0 Å². The van der Waals surface area contributed by atoms with E-state index in [0.29, 0.717) is 28.0 Å². The molecule has 0 aliphatic heterocycles. The number of carbonyl (C=O) groups is 1. The molecule has 0 radical (unpaired) electrons. The summed E-state index contributed by atoms with van der Waals surface area (Å²) in [5.41, 5.74) is 8.28. The second-order valence-electron chi connectivity index (χ2n) is 4.04. The summed E-state index contributed by atoms with van der Waals surface area (Å²) >= 11 is 0. The van der Waals surface area contributed by atoms with Crippen LogP contribution in [0.15, 0.2) is 36.8 Å². The summed E-state index contributed by atoms with van der Waals surface area (Å²) in [5, 5.41) is 9.67. The molecular weight excluding hydrogens is 244 g/mol. The van der Waals surface area contributed by atoms with Gasteiger partial charge in [-0.05, 0) is 6.07 Å². The number of benzene rings is 1. The average molecular weight is 254 g/mol. The number of aromatic carboxylic acids is 1. The highest BCUT2D eigenvalue weighted by atomic mass is 16.4. The summed E-state index contributed by atoms with van der Waals surface area (Å²) in [6.45, 7) is 0. The van der Waals surface area contributed by atoms with Gasteiger partial charge in [0, 0.05) is 17.4 Å². The molecule has 19 heavy (non-hydrogen) atoms. The first-order chi connectivity index (χ1) is 9.18. The summed E-state index contributed by atoms with van der Waals surface area (Å²) in [4.78, 5) is 22.3. The van der Waals surface area contributed by atoms with E-state index < -0.39 is 5.97 Å². The molecule has 3 aromatic rings. The Kier molecular flexibility index (Phi) is 2.42. The number of para-hydroxylation sites is 1. The lowest BCUT2D eigenvalue weighted by atomic mass is 10.0. The molecule has 6 heteroatoms. The largest absolute Gasteiger partial charge is 0.478 e. The standard InChI is InChI=1S/C13H10N4O2/c14-9-4-2-1-3-7(9)11-10-8(13(18)19)5-15-12(10)17-6-16-11/h1-6H,14H2,(H,18,19)(H,15,16,17). The van der Waals surface area contributed by atoms with Gasteiger partial charge >= 0.3 is 5.97 Å². The van der Waals surface area contributed by atoms with E-state index in [1.54, 1.807) is 12.1 Å². The number of carboxylic acid groups (broad SMARTS) is 1. The van der Waals surface area contributed by atoms with Crippen LogP contribution in [0.25, 0.3) is 22.3 Å². The SMILES string of the molecule is Nc1ccccc1-c1ncnc2[nH]cc(C(=O)O)c12. The maximum atomic E-state index is 11.2. The Hall–Kier alpha value is -2.89. The van der Waals surface area contributed by atoms with E-state index in [-0.39, 0.29) is 5.56 Å². The smallest absolute Gasteiger partial charge is 0.338 e. The summed E-state index contributed by atoms with van der Waals surface area (Å²) in [6, 6.07) is 7.19. The van der Waals surface area contributed by atoms with Crippen molar-refractivity contribution in [1.82, 2.24) is 15.0 Å². The second-order valence-corrected chi connectivity index (χ2v) is 4.04. The number of aromatic amines is 1. The molecule has 0 unspecified atom stereocenters. The first kappa shape index (κ1) is 11.2. The number of hydrogen-bond acceptors (Lipinski definition) is 4. The van der Waals surface area contributed by atoms with E-state index in [2.05, 4.69) is 15.0 Å². The van der Waals surface area contributed by atoms with E-state index in [1.165, 1.54) is 12.5 Å². The van der Waals surface area contributed by atoms with Gasteiger partial charge in [-0.15, -0.1) is 0 Å². The van der Waals surface area contributed by atoms with Gasteiger partial charge in [-0.1, -0.05) is 18.2 Å². The third-order valence-electron chi connectivity index (χ3n) is 2.92. The van der Waals surface area contributed by atoms with Crippen LogP contribution in [0.4, 0.5) is 5.69 Å². The molecule has 0 saturated heterocycles. The van der Waals surface area contributed by atoms with Crippen molar-refractivity contribution in [1.29, 1.82) is 0 Å². The fraction of sp³-hybridized carbons (Fsp3) is 0. The van der Waals surface area contributed by atoms with Crippen molar-refractivity contribution in [2.75, 3.05) is 5.73 Å².